The van der Waals surface area contributed by atoms with Crippen molar-refractivity contribution in [2.45, 2.75) is 30.7 Å². The highest BCUT2D eigenvalue weighted by Crippen LogP contribution is 2.26. The molecule has 0 aliphatic carbocycles. The lowest BCUT2D eigenvalue weighted by molar-refractivity contribution is 0.0693. The topological polar surface area (TPSA) is 104 Å². The second-order valence-electron chi connectivity index (χ2n) is 4.95. The molecule has 0 saturated carbocycles. The van der Waals surface area contributed by atoms with Gasteiger partial charge in [-0.25, -0.2) is 17.9 Å². The molecule has 1 aliphatic rings. The second-order valence-corrected chi connectivity index (χ2v) is 7.86. The van der Waals surface area contributed by atoms with Crippen LogP contribution in [-0.2, 0) is 10.0 Å². The number of nitrogens with one attached hydrogen (secondary N) is 1. The Balaban J connectivity index is 2.34. The summed E-state index contributed by atoms with van der Waals surface area (Å²) in [5, 5.41) is 18.6. The zero-order valence-electron chi connectivity index (χ0n) is 11.5. The van der Waals surface area contributed by atoms with E-state index in [1.165, 1.54) is 6.92 Å². The minimum absolute atomic E-state index is 0.101. The van der Waals surface area contributed by atoms with Gasteiger partial charge in [0.25, 0.3) is 0 Å². The molecule has 0 radical (unpaired) electrons. The molecule has 2 rings (SSSR count). The summed E-state index contributed by atoms with van der Waals surface area (Å²) in [4.78, 5) is 10.9. The van der Waals surface area contributed by atoms with E-state index in [2.05, 4.69) is 4.72 Å². The molecular weight excluding hydrogens is 314 g/mol. The number of aromatic hydroxyl groups is 1. The number of aromatic carboxylic acids is 1. The Hall–Kier alpha value is -1.25. The minimum Gasteiger partial charge on any atom is -0.507 e. The third-order valence-corrected chi connectivity index (χ3v) is 6.07. The Bertz CT molecular complexity index is 651. The molecule has 3 N–H and O–H groups in total. The van der Waals surface area contributed by atoms with Crippen LogP contribution in [0.4, 0.5) is 0 Å². The van der Waals surface area contributed by atoms with Crippen LogP contribution in [0.15, 0.2) is 17.0 Å². The number of benzene rings is 1. The number of carbonyl (C=O) groups is 1. The largest absolute Gasteiger partial charge is 0.507 e. The van der Waals surface area contributed by atoms with Crippen molar-refractivity contribution in [2.24, 2.45) is 0 Å². The highest BCUT2D eigenvalue weighted by molar-refractivity contribution is 7.99. The van der Waals surface area contributed by atoms with Crippen molar-refractivity contribution in [2.75, 3.05) is 11.5 Å². The van der Waals surface area contributed by atoms with Gasteiger partial charge in [0, 0.05) is 6.04 Å². The van der Waals surface area contributed by atoms with Crippen molar-refractivity contribution in [1.29, 1.82) is 0 Å². The zero-order valence-corrected chi connectivity index (χ0v) is 13.1. The average Bonchev–Trinajstić information content (AvgIpc) is 2.38. The highest BCUT2D eigenvalue weighted by atomic mass is 32.2. The molecule has 0 atom stereocenters. The summed E-state index contributed by atoms with van der Waals surface area (Å²) in [7, 11) is -3.80. The predicted molar refractivity (Wildman–Crippen MR) is 80.5 cm³/mol. The van der Waals surface area contributed by atoms with Crippen LogP contribution in [0.3, 0.4) is 0 Å². The smallest absolute Gasteiger partial charge is 0.339 e. The fourth-order valence-electron chi connectivity index (χ4n) is 2.23. The van der Waals surface area contributed by atoms with E-state index in [-0.39, 0.29) is 10.9 Å². The Morgan fingerprint density at radius 2 is 1.95 bits per heavy atom. The van der Waals surface area contributed by atoms with Gasteiger partial charge in [0.05, 0.1) is 4.90 Å². The van der Waals surface area contributed by atoms with Gasteiger partial charge in [-0.2, -0.15) is 11.8 Å². The summed E-state index contributed by atoms with van der Waals surface area (Å²) in [5.74, 6) is 0.00980. The summed E-state index contributed by atoms with van der Waals surface area (Å²) in [6.45, 7) is 1.52. The van der Waals surface area contributed by atoms with Crippen LogP contribution >= 0.6 is 11.8 Å². The molecule has 1 aromatic carbocycles. The number of sulfonamides is 1. The van der Waals surface area contributed by atoms with Crippen LogP contribution in [0.25, 0.3) is 0 Å². The van der Waals surface area contributed by atoms with Crippen molar-refractivity contribution in [1.82, 2.24) is 4.72 Å². The molecule has 1 fully saturated rings. The van der Waals surface area contributed by atoms with E-state index in [0.29, 0.717) is 5.56 Å². The first kappa shape index (κ1) is 16.1. The third kappa shape index (κ3) is 3.69. The van der Waals surface area contributed by atoms with Crippen molar-refractivity contribution in [3.8, 4) is 5.75 Å². The molecule has 21 heavy (non-hydrogen) atoms. The maximum atomic E-state index is 12.4. The highest BCUT2D eigenvalue weighted by Gasteiger charge is 2.25. The Kier molecular flexibility index (Phi) is 4.80. The van der Waals surface area contributed by atoms with Crippen molar-refractivity contribution < 1.29 is 23.4 Å². The summed E-state index contributed by atoms with van der Waals surface area (Å²) in [6.07, 6.45) is 1.51. The molecular formula is C13H17NO5S2. The number of thioether (sulfide) groups is 1. The molecule has 1 saturated heterocycles. The predicted octanol–water partition coefficient (Wildman–Crippen LogP) is 1.57. The fraction of sp³-hybridized carbons (Fsp3) is 0.462. The lowest BCUT2D eigenvalue weighted by Crippen LogP contribution is -2.37. The van der Waals surface area contributed by atoms with Crippen LogP contribution in [0, 0.1) is 6.92 Å². The van der Waals surface area contributed by atoms with Gasteiger partial charge >= 0.3 is 5.97 Å². The quantitative estimate of drug-likeness (QED) is 0.774. The van der Waals surface area contributed by atoms with E-state index in [0.717, 1.165) is 36.5 Å². The number of carboxylic acid groups (broad SMARTS) is 1. The van der Waals surface area contributed by atoms with E-state index in [1.807, 2.05) is 0 Å². The molecule has 0 aromatic heterocycles. The van der Waals surface area contributed by atoms with Crippen LogP contribution in [0.1, 0.15) is 28.8 Å². The first-order valence-corrected chi connectivity index (χ1v) is 9.12. The number of aryl methyl sites for hydroxylation is 1. The Morgan fingerprint density at radius 3 is 2.52 bits per heavy atom. The Labute approximate surface area is 127 Å². The van der Waals surface area contributed by atoms with Crippen LogP contribution in [0.2, 0.25) is 0 Å². The molecule has 116 valence electrons. The number of carboxylic acids is 1. The lowest BCUT2D eigenvalue weighted by atomic mass is 10.1. The van der Waals surface area contributed by atoms with Gasteiger partial charge in [-0.3, -0.25) is 0 Å². The molecule has 1 aliphatic heterocycles. The average molecular weight is 331 g/mol. The van der Waals surface area contributed by atoms with Gasteiger partial charge in [-0.1, -0.05) is 0 Å². The number of hydrogen-bond donors (Lipinski definition) is 3. The van der Waals surface area contributed by atoms with Crippen LogP contribution < -0.4 is 4.72 Å². The molecule has 1 heterocycles. The number of rotatable bonds is 4. The van der Waals surface area contributed by atoms with E-state index >= 15 is 0 Å². The molecule has 0 spiro atoms. The molecule has 0 amide bonds. The van der Waals surface area contributed by atoms with E-state index < -0.39 is 27.3 Å². The van der Waals surface area contributed by atoms with E-state index in [9.17, 15) is 18.3 Å². The van der Waals surface area contributed by atoms with Gasteiger partial charge < -0.3 is 10.2 Å². The molecule has 0 bridgehead atoms. The monoisotopic (exact) mass is 331 g/mol. The molecule has 6 nitrogen and oxygen atoms in total. The summed E-state index contributed by atoms with van der Waals surface area (Å²) >= 11 is 1.79. The standard InChI is InChI=1S/C13H17NO5S2/c1-8-6-11(15)10(13(16)17)7-12(8)21(18,19)14-9-2-4-20-5-3-9/h6-7,9,14-15H,2-5H2,1H3,(H,16,17). The molecule has 8 heteroatoms. The van der Waals surface area contributed by atoms with Gasteiger partial charge in [0.1, 0.15) is 11.3 Å². The molecule has 0 unspecified atom stereocenters. The normalized spacial score (nSPS) is 16.8. The Morgan fingerprint density at radius 1 is 1.33 bits per heavy atom. The maximum absolute atomic E-state index is 12.4. The molecule has 1 aromatic rings. The third-order valence-electron chi connectivity index (χ3n) is 3.36. The lowest BCUT2D eigenvalue weighted by Gasteiger charge is -2.23. The summed E-state index contributed by atoms with van der Waals surface area (Å²) in [5.41, 5.74) is -0.102. The minimum atomic E-state index is -3.80. The van der Waals surface area contributed by atoms with Crippen molar-refractivity contribution >= 4 is 27.8 Å². The van der Waals surface area contributed by atoms with E-state index in [1.54, 1.807) is 11.8 Å². The van der Waals surface area contributed by atoms with Gasteiger partial charge in [0.15, 0.2) is 0 Å². The zero-order chi connectivity index (χ0) is 15.6. The van der Waals surface area contributed by atoms with Gasteiger partial charge in [-0.05, 0) is 49.0 Å². The van der Waals surface area contributed by atoms with Gasteiger partial charge in [-0.15, -0.1) is 0 Å². The number of phenols is 1. The first-order valence-electron chi connectivity index (χ1n) is 6.48. The van der Waals surface area contributed by atoms with Crippen molar-refractivity contribution in [3.63, 3.8) is 0 Å². The van der Waals surface area contributed by atoms with Crippen molar-refractivity contribution in [3.05, 3.63) is 23.3 Å². The van der Waals surface area contributed by atoms with Crippen LogP contribution in [-0.4, -0.2) is 42.1 Å². The van der Waals surface area contributed by atoms with Crippen LogP contribution in [0.5, 0.6) is 5.75 Å². The maximum Gasteiger partial charge on any atom is 0.339 e. The van der Waals surface area contributed by atoms with Gasteiger partial charge in [0.2, 0.25) is 10.0 Å². The SMILES string of the molecule is Cc1cc(O)c(C(=O)O)cc1S(=O)(=O)NC1CCSCC1. The number of hydrogen-bond acceptors (Lipinski definition) is 5. The first-order chi connectivity index (χ1) is 9.81. The summed E-state index contributed by atoms with van der Waals surface area (Å²) in [6, 6.07) is 2.04. The van der Waals surface area contributed by atoms with E-state index in [4.69, 9.17) is 5.11 Å². The second kappa shape index (κ2) is 6.25. The fourth-order valence-corrected chi connectivity index (χ4v) is 4.90. The summed E-state index contributed by atoms with van der Waals surface area (Å²) < 4.78 is 27.5.